The van der Waals surface area contributed by atoms with Crippen LogP contribution in [-0.2, 0) is 10.0 Å². The summed E-state index contributed by atoms with van der Waals surface area (Å²) in [4.78, 5) is 6.67. The molecule has 1 aromatic rings. The van der Waals surface area contributed by atoms with Crippen molar-refractivity contribution in [3.05, 3.63) is 12.0 Å². The van der Waals surface area contributed by atoms with Crippen molar-refractivity contribution in [2.45, 2.75) is 44.7 Å². The van der Waals surface area contributed by atoms with Crippen LogP contribution in [0, 0.1) is 18.8 Å². The highest BCUT2D eigenvalue weighted by molar-refractivity contribution is 7.89. The fourth-order valence-corrected chi connectivity index (χ4v) is 3.66. The Balaban J connectivity index is 2.13. The Morgan fingerprint density at radius 3 is 2.59 bits per heavy atom. The van der Waals surface area contributed by atoms with Crippen LogP contribution in [0.2, 0.25) is 0 Å². The first-order chi connectivity index (χ1) is 7.90. The monoisotopic (exact) mass is 257 g/mol. The first kappa shape index (κ1) is 12.6. The van der Waals surface area contributed by atoms with Gasteiger partial charge in [-0.15, -0.1) is 0 Å². The molecule has 3 atom stereocenters. The van der Waals surface area contributed by atoms with Crippen LogP contribution in [0.25, 0.3) is 0 Å². The number of aryl methyl sites for hydroxylation is 1. The largest absolute Gasteiger partial charge is 0.332 e. The number of imidazole rings is 1. The fourth-order valence-electron chi connectivity index (χ4n) is 2.33. The van der Waals surface area contributed by atoms with Crippen LogP contribution in [0.3, 0.4) is 0 Å². The summed E-state index contributed by atoms with van der Waals surface area (Å²) in [7, 11) is -3.45. The lowest BCUT2D eigenvalue weighted by Crippen LogP contribution is -2.37. The minimum atomic E-state index is -3.45. The number of hydrogen-bond acceptors (Lipinski definition) is 3. The summed E-state index contributed by atoms with van der Waals surface area (Å²) in [6.07, 6.45) is 3.35. The van der Waals surface area contributed by atoms with E-state index in [1.807, 2.05) is 0 Å². The zero-order chi connectivity index (χ0) is 12.6. The Hall–Kier alpha value is -0.880. The molecule has 6 heteroatoms. The molecule has 0 spiro atoms. The standard InChI is InChI=1S/C11H19N3O2S/c1-7-4-5-10(8(7)2)14-17(15,16)11-6-12-9(3)13-11/h6-8,10,14H,4-5H2,1-3H3,(H,12,13). The maximum absolute atomic E-state index is 12.1. The molecule has 3 unspecified atom stereocenters. The normalized spacial score (nSPS) is 29.7. The van der Waals surface area contributed by atoms with Gasteiger partial charge in [-0.25, -0.2) is 18.1 Å². The van der Waals surface area contributed by atoms with E-state index in [2.05, 4.69) is 28.5 Å². The Morgan fingerprint density at radius 1 is 1.41 bits per heavy atom. The van der Waals surface area contributed by atoms with E-state index in [0.29, 0.717) is 17.7 Å². The van der Waals surface area contributed by atoms with Crippen LogP contribution in [0.1, 0.15) is 32.5 Å². The van der Waals surface area contributed by atoms with Gasteiger partial charge in [0.2, 0.25) is 0 Å². The Kier molecular flexibility index (Phi) is 3.27. The van der Waals surface area contributed by atoms with Crippen LogP contribution < -0.4 is 4.72 Å². The van der Waals surface area contributed by atoms with Crippen molar-refractivity contribution in [1.82, 2.24) is 14.7 Å². The molecule has 1 saturated carbocycles. The average molecular weight is 257 g/mol. The summed E-state index contributed by atoms with van der Waals surface area (Å²) in [5.41, 5.74) is 0. The third-order valence-electron chi connectivity index (χ3n) is 3.74. The van der Waals surface area contributed by atoms with Crippen molar-refractivity contribution in [3.63, 3.8) is 0 Å². The summed E-state index contributed by atoms with van der Waals surface area (Å²) in [6.45, 7) is 6.00. The molecule has 17 heavy (non-hydrogen) atoms. The molecule has 1 aliphatic rings. The second-order valence-corrected chi connectivity index (χ2v) is 6.66. The number of sulfonamides is 1. The van der Waals surface area contributed by atoms with Crippen molar-refractivity contribution in [3.8, 4) is 0 Å². The van der Waals surface area contributed by atoms with E-state index in [4.69, 9.17) is 0 Å². The molecule has 0 aromatic carbocycles. The quantitative estimate of drug-likeness (QED) is 0.860. The highest BCUT2D eigenvalue weighted by Gasteiger charge is 2.33. The molecule has 2 rings (SSSR count). The van der Waals surface area contributed by atoms with Gasteiger partial charge in [-0.05, 0) is 31.6 Å². The number of nitrogens with one attached hydrogen (secondary N) is 2. The van der Waals surface area contributed by atoms with Gasteiger partial charge in [-0.3, -0.25) is 0 Å². The van der Waals surface area contributed by atoms with Crippen molar-refractivity contribution >= 4 is 10.0 Å². The highest BCUT2D eigenvalue weighted by atomic mass is 32.2. The lowest BCUT2D eigenvalue weighted by Gasteiger charge is -2.18. The van der Waals surface area contributed by atoms with Crippen LogP contribution in [0.4, 0.5) is 0 Å². The van der Waals surface area contributed by atoms with Crippen LogP contribution in [0.15, 0.2) is 11.2 Å². The first-order valence-electron chi connectivity index (χ1n) is 5.94. The van der Waals surface area contributed by atoms with Crippen molar-refractivity contribution in [2.24, 2.45) is 11.8 Å². The molecule has 0 saturated heterocycles. The molecular weight excluding hydrogens is 238 g/mol. The molecular formula is C11H19N3O2S. The summed E-state index contributed by atoms with van der Waals surface area (Å²) in [5, 5.41) is 0.154. The van der Waals surface area contributed by atoms with Gasteiger partial charge in [0.05, 0.1) is 6.20 Å². The lowest BCUT2D eigenvalue weighted by molar-refractivity contribution is 0.402. The maximum atomic E-state index is 12.1. The number of aromatic amines is 1. The fraction of sp³-hybridized carbons (Fsp3) is 0.727. The van der Waals surface area contributed by atoms with Crippen LogP contribution >= 0.6 is 0 Å². The SMILES string of the molecule is Cc1ncc(S(=O)(=O)NC2CCC(C)C2C)[nH]1. The van der Waals surface area contributed by atoms with Gasteiger partial charge in [0.1, 0.15) is 5.82 Å². The summed E-state index contributed by atoms with van der Waals surface area (Å²) in [5.74, 6) is 1.57. The molecule has 1 aliphatic carbocycles. The predicted molar refractivity (Wildman–Crippen MR) is 65.0 cm³/mol. The summed E-state index contributed by atoms with van der Waals surface area (Å²) < 4.78 is 26.9. The molecule has 2 N–H and O–H groups in total. The first-order valence-corrected chi connectivity index (χ1v) is 7.42. The minimum Gasteiger partial charge on any atom is -0.332 e. The molecule has 1 fully saturated rings. The smallest absolute Gasteiger partial charge is 0.257 e. The predicted octanol–water partition coefficient (Wildman–Crippen LogP) is 1.43. The van der Waals surface area contributed by atoms with E-state index in [1.54, 1.807) is 6.92 Å². The third kappa shape index (κ3) is 2.52. The molecule has 0 bridgehead atoms. The molecule has 0 radical (unpaired) electrons. The van der Waals surface area contributed by atoms with Gasteiger partial charge < -0.3 is 4.98 Å². The Morgan fingerprint density at radius 2 is 2.12 bits per heavy atom. The second-order valence-electron chi connectivity index (χ2n) is 4.97. The molecule has 96 valence electrons. The number of hydrogen-bond donors (Lipinski definition) is 2. The molecule has 5 nitrogen and oxygen atoms in total. The van der Waals surface area contributed by atoms with Gasteiger partial charge in [0.25, 0.3) is 10.0 Å². The van der Waals surface area contributed by atoms with E-state index in [9.17, 15) is 8.42 Å². The second kappa shape index (κ2) is 4.42. The van der Waals surface area contributed by atoms with Crippen molar-refractivity contribution in [1.29, 1.82) is 0 Å². The van der Waals surface area contributed by atoms with E-state index in [1.165, 1.54) is 6.20 Å². The van der Waals surface area contributed by atoms with Gasteiger partial charge in [0, 0.05) is 6.04 Å². The van der Waals surface area contributed by atoms with Crippen LogP contribution in [-0.4, -0.2) is 24.4 Å². The number of aromatic nitrogens is 2. The third-order valence-corrected chi connectivity index (χ3v) is 5.14. The summed E-state index contributed by atoms with van der Waals surface area (Å²) >= 11 is 0. The van der Waals surface area contributed by atoms with Gasteiger partial charge >= 0.3 is 0 Å². The zero-order valence-corrected chi connectivity index (χ0v) is 11.2. The minimum absolute atomic E-state index is 0.0404. The van der Waals surface area contributed by atoms with Crippen molar-refractivity contribution in [2.75, 3.05) is 0 Å². The number of rotatable bonds is 3. The molecule has 1 heterocycles. The Bertz CT molecular complexity index is 495. The molecule has 0 aliphatic heterocycles. The van der Waals surface area contributed by atoms with E-state index in [-0.39, 0.29) is 11.1 Å². The zero-order valence-electron chi connectivity index (χ0n) is 10.4. The topological polar surface area (TPSA) is 74.8 Å². The van der Waals surface area contributed by atoms with E-state index in [0.717, 1.165) is 12.8 Å². The van der Waals surface area contributed by atoms with Crippen molar-refractivity contribution < 1.29 is 8.42 Å². The maximum Gasteiger partial charge on any atom is 0.257 e. The average Bonchev–Trinajstić information content (AvgIpc) is 2.80. The van der Waals surface area contributed by atoms with Gasteiger partial charge in [-0.1, -0.05) is 13.8 Å². The lowest BCUT2D eigenvalue weighted by atomic mass is 9.98. The Labute approximate surface area is 102 Å². The molecule has 1 aromatic heterocycles. The van der Waals surface area contributed by atoms with Gasteiger partial charge in [0.15, 0.2) is 5.03 Å². The molecule has 0 amide bonds. The van der Waals surface area contributed by atoms with E-state index < -0.39 is 10.0 Å². The van der Waals surface area contributed by atoms with Crippen LogP contribution in [0.5, 0.6) is 0 Å². The number of H-pyrrole nitrogens is 1. The van der Waals surface area contributed by atoms with E-state index >= 15 is 0 Å². The number of nitrogens with zero attached hydrogens (tertiary/aromatic N) is 1. The highest BCUT2D eigenvalue weighted by Crippen LogP contribution is 2.31. The van der Waals surface area contributed by atoms with Gasteiger partial charge in [-0.2, -0.15) is 0 Å². The summed E-state index contributed by atoms with van der Waals surface area (Å²) in [6, 6.07) is 0.0404.